The van der Waals surface area contributed by atoms with Crippen LogP contribution in [0, 0.1) is 5.92 Å². The van der Waals surface area contributed by atoms with Crippen LogP contribution in [0.5, 0.6) is 0 Å². The second-order valence-corrected chi connectivity index (χ2v) is 6.85. The van der Waals surface area contributed by atoms with E-state index in [1.54, 1.807) is 0 Å². The summed E-state index contributed by atoms with van der Waals surface area (Å²) in [4.78, 5) is 4.67. The van der Waals surface area contributed by atoms with Crippen LogP contribution in [0.3, 0.4) is 0 Å². The lowest BCUT2D eigenvalue weighted by molar-refractivity contribution is 0.492. The molecule has 0 aliphatic heterocycles. The van der Waals surface area contributed by atoms with Crippen LogP contribution >= 0.6 is 22.9 Å². The molecule has 0 spiro atoms. The molecule has 2 aromatic rings. The Morgan fingerprint density at radius 1 is 1.28 bits per heavy atom. The Morgan fingerprint density at radius 3 is 2.83 bits per heavy atom. The zero-order chi connectivity index (χ0) is 12.4. The fourth-order valence-electron chi connectivity index (χ4n) is 2.84. The van der Waals surface area contributed by atoms with Crippen molar-refractivity contribution in [2.24, 2.45) is 5.92 Å². The Morgan fingerprint density at radius 2 is 2.06 bits per heavy atom. The van der Waals surface area contributed by atoms with Gasteiger partial charge in [-0.25, -0.2) is 4.98 Å². The zero-order valence-electron chi connectivity index (χ0n) is 10.4. The monoisotopic (exact) mass is 279 g/mol. The largest absolute Gasteiger partial charge is 0.241 e. The summed E-state index contributed by atoms with van der Waals surface area (Å²) in [5.74, 6) is 0.751. The van der Waals surface area contributed by atoms with E-state index < -0.39 is 0 Å². The number of hydrogen-bond acceptors (Lipinski definition) is 2. The van der Waals surface area contributed by atoms with Crippen LogP contribution < -0.4 is 0 Å². The molecule has 0 N–H and O–H groups in total. The van der Waals surface area contributed by atoms with Gasteiger partial charge in [0.15, 0.2) is 0 Å². The third-order valence-electron chi connectivity index (χ3n) is 3.88. The summed E-state index contributed by atoms with van der Waals surface area (Å²) in [7, 11) is 0. The molecule has 1 aliphatic carbocycles. The van der Waals surface area contributed by atoms with E-state index in [2.05, 4.69) is 29.2 Å². The first-order chi connectivity index (χ1) is 8.83. The normalized spacial score (nSPS) is 18.5. The maximum absolute atomic E-state index is 6.51. The first-order valence-electron chi connectivity index (χ1n) is 6.81. The predicted molar refractivity (Wildman–Crippen MR) is 79.5 cm³/mol. The lowest BCUT2D eigenvalue weighted by atomic mass is 10.0. The van der Waals surface area contributed by atoms with Crippen molar-refractivity contribution < 1.29 is 0 Å². The van der Waals surface area contributed by atoms with Gasteiger partial charge in [0.1, 0.15) is 0 Å². The lowest BCUT2D eigenvalue weighted by Gasteiger charge is -2.15. The van der Waals surface area contributed by atoms with Gasteiger partial charge in [0.05, 0.1) is 15.2 Å². The topological polar surface area (TPSA) is 12.9 Å². The molecular formula is C15H18ClNS. The van der Waals surface area contributed by atoms with Crippen LogP contribution in [0.25, 0.3) is 10.2 Å². The van der Waals surface area contributed by atoms with Gasteiger partial charge < -0.3 is 0 Å². The Balaban J connectivity index is 1.62. The van der Waals surface area contributed by atoms with Crippen molar-refractivity contribution in [3.63, 3.8) is 0 Å². The quantitative estimate of drug-likeness (QED) is 0.716. The number of benzene rings is 1. The number of thiazole rings is 1. The Bertz CT molecular complexity index is 483. The molecule has 3 heteroatoms. The number of hydrogen-bond donors (Lipinski definition) is 0. The van der Waals surface area contributed by atoms with E-state index in [-0.39, 0.29) is 0 Å². The third-order valence-corrected chi connectivity index (χ3v) is 5.55. The second-order valence-electron chi connectivity index (χ2n) is 5.17. The van der Waals surface area contributed by atoms with Gasteiger partial charge in [-0.05, 0) is 37.3 Å². The van der Waals surface area contributed by atoms with E-state index >= 15 is 0 Å². The van der Waals surface area contributed by atoms with Crippen molar-refractivity contribution in [3.05, 3.63) is 29.3 Å². The Kier molecular flexibility index (Phi) is 3.86. The Labute approximate surface area is 117 Å². The molecule has 1 nitrogen and oxygen atoms in total. The second kappa shape index (κ2) is 5.58. The van der Waals surface area contributed by atoms with E-state index in [1.165, 1.54) is 35.4 Å². The van der Waals surface area contributed by atoms with Crippen molar-refractivity contribution in [3.8, 4) is 0 Å². The van der Waals surface area contributed by atoms with E-state index in [9.17, 15) is 0 Å². The molecule has 1 atom stereocenters. The summed E-state index contributed by atoms with van der Waals surface area (Å²) < 4.78 is 1.29. The molecule has 18 heavy (non-hydrogen) atoms. The lowest BCUT2D eigenvalue weighted by Crippen LogP contribution is -2.12. The highest BCUT2D eigenvalue weighted by atomic mass is 35.5. The number of fused-ring (bicyclic) bond motifs is 1. The maximum Gasteiger partial charge on any atom is 0.0939 e. The van der Waals surface area contributed by atoms with Crippen molar-refractivity contribution in [2.75, 3.05) is 0 Å². The van der Waals surface area contributed by atoms with Gasteiger partial charge in [-0.1, -0.05) is 25.0 Å². The number of aryl methyl sites for hydroxylation is 1. The van der Waals surface area contributed by atoms with E-state index in [1.807, 2.05) is 11.3 Å². The summed E-state index contributed by atoms with van der Waals surface area (Å²) in [6.07, 6.45) is 7.50. The van der Waals surface area contributed by atoms with Gasteiger partial charge in [0.2, 0.25) is 0 Å². The van der Waals surface area contributed by atoms with E-state index in [4.69, 9.17) is 11.6 Å². The highest BCUT2D eigenvalue weighted by Crippen LogP contribution is 2.33. The van der Waals surface area contributed by atoms with Crippen LogP contribution in [0.15, 0.2) is 24.3 Å². The van der Waals surface area contributed by atoms with Gasteiger partial charge in [-0.2, -0.15) is 0 Å². The molecule has 0 amide bonds. The standard InChI is InChI=1S/C15H18ClNS/c16-12(11-5-1-2-6-11)9-10-15-17-13-7-3-4-8-14(13)18-15/h3-4,7-8,11-12H,1-2,5-6,9-10H2. The molecule has 1 fully saturated rings. The average Bonchev–Trinajstić information content (AvgIpc) is 3.04. The minimum atomic E-state index is 0.347. The highest BCUT2D eigenvalue weighted by molar-refractivity contribution is 7.18. The zero-order valence-corrected chi connectivity index (χ0v) is 12.0. The Hall–Kier alpha value is -0.600. The third kappa shape index (κ3) is 2.70. The van der Waals surface area contributed by atoms with Gasteiger partial charge in [-0.3, -0.25) is 0 Å². The van der Waals surface area contributed by atoms with Crippen LogP contribution in [0.2, 0.25) is 0 Å². The summed E-state index contributed by atoms with van der Waals surface area (Å²) in [6, 6.07) is 8.36. The van der Waals surface area contributed by atoms with Crippen LogP contribution in [-0.2, 0) is 6.42 Å². The molecule has 3 rings (SSSR count). The molecule has 96 valence electrons. The van der Waals surface area contributed by atoms with Crippen molar-refractivity contribution in [2.45, 2.75) is 43.9 Å². The SMILES string of the molecule is ClC(CCc1nc2ccccc2s1)C1CCCC1. The minimum Gasteiger partial charge on any atom is -0.241 e. The maximum atomic E-state index is 6.51. The number of para-hydroxylation sites is 1. The molecule has 1 unspecified atom stereocenters. The summed E-state index contributed by atoms with van der Waals surface area (Å²) in [5, 5.41) is 1.58. The summed E-state index contributed by atoms with van der Waals surface area (Å²) in [5.41, 5.74) is 1.13. The molecule has 1 aromatic heterocycles. The van der Waals surface area contributed by atoms with Gasteiger partial charge >= 0.3 is 0 Å². The average molecular weight is 280 g/mol. The molecular weight excluding hydrogens is 262 g/mol. The first-order valence-corrected chi connectivity index (χ1v) is 8.07. The van der Waals surface area contributed by atoms with Crippen molar-refractivity contribution in [1.29, 1.82) is 0 Å². The molecule has 0 radical (unpaired) electrons. The number of rotatable bonds is 4. The molecule has 1 heterocycles. The fourth-order valence-corrected chi connectivity index (χ4v) is 4.19. The predicted octanol–water partition coefficient (Wildman–Crippen LogP) is 5.03. The number of aromatic nitrogens is 1. The molecule has 1 aromatic carbocycles. The van der Waals surface area contributed by atoms with Gasteiger partial charge in [0.25, 0.3) is 0 Å². The highest BCUT2D eigenvalue weighted by Gasteiger charge is 2.23. The van der Waals surface area contributed by atoms with Gasteiger partial charge in [-0.15, -0.1) is 22.9 Å². The van der Waals surface area contributed by atoms with Crippen LogP contribution in [-0.4, -0.2) is 10.4 Å². The number of nitrogens with zero attached hydrogens (tertiary/aromatic N) is 1. The van der Waals surface area contributed by atoms with Gasteiger partial charge in [0, 0.05) is 11.8 Å². The van der Waals surface area contributed by atoms with Crippen LogP contribution in [0.1, 0.15) is 37.1 Å². The fraction of sp³-hybridized carbons (Fsp3) is 0.533. The van der Waals surface area contributed by atoms with E-state index in [0.29, 0.717) is 5.38 Å². The summed E-state index contributed by atoms with van der Waals surface area (Å²) >= 11 is 8.32. The first kappa shape index (κ1) is 12.4. The molecule has 1 aliphatic rings. The van der Waals surface area contributed by atoms with E-state index in [0.717, 1.165) is 24.3 Å². The van der Waals surface area contributed by atoms with Crippen molar-refractivity contribution >= 4 is 33.2 Å². The molecule has 0 saturated heterocycles. The summed E-state index contributed by atoms with van der Waals surface area (Å²) in [6.45, 7) is 0. The minimum absolute atomic E-state index is 0.347. The molecule has 0 bridgehead atoms. The molecule has 1 saturated carbocycles. The smallest absolute Gasteiger partial charge is 0.0939 e. The number of alkyl halides is 1. The van der Waals surface area contributed by atoms with Crippen LogP contribution in [0.4, 0.5) is 0 Å². The van der Waals surface area contributed by atoms with Crippen molar-refractivity contribution in [1.82, 2.24) is 4.98 Å². The number of halogens is 1.